The van der Waals surface area contributed by atoms with Crippen LogP contribution in [0.5, 0.6) is 0 Å². The molecule has 0 bridgehead atoms. The number of hydrogen-bond acceptors (Lipinski definition) is 2. The molecule has 1 atom stereocenters. The van der Waals surface area contributed by atoms with Crippen LogP contribution in [0, 0.1) is 0 Å². The zero-order valence-corrected chi connectivity index (χ0v) is 7.90. The largest absolute Gasteiger partial charge is 0.388 e. The highest BCUT2D eigenvalue weighted by Gasteiger charge is 2.49. The zero-order chi connectivity index (χ0) is 8.66. The van der Waals surface area contributed by atoms with E-state index in [1.807, 2.05) is 0 Å². The molecule has 70 valence electrons. The van der Waals surface area contributed by atoms with Gasteiger partial charge < -0.3 is 10.4 Å². The van der Waals surface area contributed by atoms with Crippen molar-refractivity contribution < 1.29 is 5.11 Å². The number of aliphatic hydroxyl groups is 1. The second-order valence-electron chi connectivity index (χ2n) is 4.60. The minimum Gasteiger partial charge on any atom is -0.388 e. The van der Waals surface area contributed by atoms with Crippen LogP contribution in [0.15, 0.2) is 0 Å². The van der Waals surface area contributed by atoms with Gasteiger partial charge in [-0.05, 0) is 39.2 Å². The summed E-state index contributed by atoms with van der Waals surface area (Å²) in [5.74, 6) is 0. The quantitative estimate of drug-likeness (QED) is 0.622. The van der Waals surface area contributed by atoms with E-state index in [9.17, 15) is 5.11 Å². The minimum absolute atomic E-state index is 0.0174. The molecule has 0 aromatic rings. The van der Waals surface area contributed by atoms with Crippen LogP contribution in [0.2, 0.25) is 0 Å². The zero-order valence-electron chi connectivity index (χ0n) is 7.90. The Kier molecular flexibility index (Phi) is 1.92. The van der Waals surface area contributed by atoms with Crippen LogP contribution in [-0.4, -0.2) is 22.8 Å². The molecule has 12 heavy (non-hydrogen) atoms. The van der Waals surface area contributed by atoms with E-state index in [1.54, 1.807) is 0 Å². The Morgan fingerprint density at radius 3 is 2.25 bits per heavy atom. The Labute approximate surface area is 74.4 Å². The fraction of sp³-hybridized carbons (Fsp3) is 1.00. The molecule has 0 radical (unpaired) electrons. The predicted octanol–water partition coefficient (Wildman–Crippen LogP) is 1.43. The van der Waals surface area contributed by atoms with E-state index in [0.717, 1.165) is 25.8 Å². The average molecular weight is 169 g/mol. The Morgan fingerprint density at radius 2 is 1.75 bits per heavy atom. The van der Waals surface area contributed by atoms with E-state index in [1.165, 1.54) is 19.3 Å². The van der Waals surface area contributed by atoms with Crippen molar-refractivity contribution in [3.63, 3.8) is 0 Å². The van der Waals surface area contributed by atoms with Gasteiger partial charge in [-0.3, -0.25) is 0 Å². The normalized spacial score (nSPS) is 40.5. The molecule has 1 saturated carbocycles. The first-order valence-corrected chi connectivity index (χ1v) is 5.14. The van der Waals surface area contributed by atoms with Gasteiger partial charge in [-0.2, -0.15) is 0 Å². The molecule has 1 aliphatic carbocycles. The van der Waals surface area contributed by atoms with Crippen LogP contribution in [0.3, 0.4) is 0 Å². The molecule has 2 nitrogen and oxygen atoms in total. The monoisotopic (exact) mass is 169 g/mol. The highest BCUT2D eigenvalue weighted by molar-refractivity contribution is 5.07. The summed E-state index contributed by atoms with van der Waals surface area (Å²) in [6.45, 7) is 3.27. The van der Waals surface area contributed by atoms with Gasteiger partial charge in [0.1, 0.15) is 0 Å². The van der Waals surface area contributed by atoms with Gasteiger partial charge in [0.2, 0.25) is 0 Å². The van der Waals surface area contributed by atoms with Crippen molar-refractivity contribution in [3.8, 4) is 0 Å². The van der Waals surface area contributed by atoms with E-state index in [2.05, 4.69) is 12.2 Å². The van der Waals surface area contributed by atoms with Gasteiger partial charge in [0.25, 0.3) is 0 Å². The Hall–Kier alpha value is -0.0800. The molecule has 0 aromatic carbocycles. The van der Waals surface area contributed by atoms with Gasteiger partial charge in [0.15, 0.2) is 0 Å². The van der Waals surface area contributed by atoms with Gasteiger partial charge >= 0.3 is 0 Å². The molecule has 1 saturated heterocycles. The predicted molar refractivity (Wildman–Crippen MR) is 49.1 cm³/mol. The van der Waals surface area contributed by atoms with Gasteiger partial charge in [-0.15, -0.1) is 0 Å². The molecule has 0 unspecified atom stereocenters. The molecule has 0 aromatic heterocycles. The van der Waals surface area contributed by atoms with Crippen molar-refractivity contribution in [1.82, 2.24) is 5.32 Å². The number of rotatable bonds is 1. The van der Waals surface area contributed by atoms with E-state index in [4.69, 9.17) is 0 Å². The highest BCUT2D eigenvalue weighted by Crippen LogP contribution is 2.42. The molecule has 1 heterocycles. The van der Waals surface area contributed by atoms with Crippen LogP contribution in [0.1, 0.15) is 45.4 Å². The first kappa shape index (κ1) is 8.52. The van der Waals surface area contributed by atoms with Crippen molar-refractivity contribution in [3.05, 3.63) is 0 Å². The molecule has 2 rings (SSSR count). The number of hydrogen-bond donors (Lipinski definition) is 2. The van der Waals surface area contributed by atoms with E-state index < -0.39 is 5.60 Å². The van der Waals surface area contributed by atoms with Crippen molar-refractivity contribution in [2.75, 3.05) is 6.54 Å². The maximum Gasteiger partial charge on any atom is 0.0825 e. The Balaban J connectivity index is 2.14. The summed E-state index contributed by atoms with van der Waals surface area (Å²) in [6.07, 6.45) is 6.76. The van der Waals surface area contributed by atoms with Gasteiger partial charge in [-0.1, -0.05) is 12.8 Å². The molecule has 0 amide bonds. The summed E-state index contributed by atoms with van der Waals surface area (Å²) in [6, 6.07) is 0. The lowest BCUT2D eigenvalue weighted by molar-refractivity contribution is -0.0318. The third-order valence-corrected chi connectivity index (χ3v) is 3.83. The Bertz CT molecular complexity index is 147. The topological polar surface area (TPSA) is 32.3 Å². The molecular weight excluding hydrogens is 150 g/mol. The van der Waals surface area contributed by atoms with Crippen LogP contribution >= 0.6 is 0 Å². The maximum absolute atomic E-state index is 10.4. The second-order valence-corrected chi connectivity index (χ2v) is 4.60. The summed E-state index contributed by atoms with van der Waals surface area (Å²) in [5.41, 5.74) is -0.382. The molecule has 0 spiro atoms. The van der Waals surface area contributed by atoms with E-state index in [0.29, 0.717) is 0 Å². The van der Waals surface area contributed by atoms with E-state index >= 15 is 0 Å². The summed E-state index contributed by atoms with van der Waals surface area (Å²) in [5, 5.41) is 13.9. The average Bonchev–Trinajstić information content (AvgIpc) is 2.60. The molecule has 2 heteroatoms. The maximum atomic E-state index is 10.4. The third-order valence-electron chi connectivity index (χ3n) is 3.83. The SMILES string of the molecule is C[C@@]1(C2(O)CCCC2)CCCN1. The lowest BCUT2D eigenvalue weighted by atomic mass is 9.79. The first-order valence-electron chi connectivity index (χ1n) is 5.14. The van der Waals surface area contributed by atoms with Crippen LogP contribution in [0.25, 0.3) is 0 Å². The molecule has 1 aliphatic heterocycles. The fourth-order valence-electron chi connectivity index (χ4n) is 2.80. The molecule has 2 fully saturated rings. The molecule has 2 aliphatic rings. The lowest BCUT2D eigenvalue weighted by Crippen LogP contribution is -2.56. The van der Waals surface area contributed by atoms with Gasteiger partial charge in [0, 0.05) is 5.54 Å². The smallest absolute Gasteiger partial charge is 0.0825 e. The number of nitrogens with one attached hydrogen (secondary N) is 1. The van der Waals surface area contributed by atoms with Crippen molar-refractivity contribution >= 4 is 0 Å². The fourth-order valence-corrected chi connectivity index (χ4v) is 2.80. The van der Waals surface area contributed by atoms with Crippen LogP contribution < -0.4 is 5.32 Å². The van der Waals surface area contributed by atoms with Gasteiger partial charge in [-0.25, -0.2) is 0 Å². The van der Waals surface area contributed by atoms with Crippen molar-refractivity contribution in [1.29, 1.82) is 0 Å². The lowest BCUT2D eigenvalue weighted by Gasteiger charge is -2.40. The standard InChI is InChI=1S/C10H19NO/c1-9(5-4-8-11-9)10(12)6-2-3-7-10/h11-12H,2-8H2,1H3/t9-/m0/s1. The second kappa shape index (κ2) is 2.71. The third kappa shape index (κ3) is 1.09. The van der Waals surface area contributed by atoms with Crippen molar-refractivity contribution in [2.24, 2.45) is 0 Å². The summed E-state index contributed by atoms with van der Waals surface area (Å²) in [4.78, 5) is 0. The molecule has 2 N–H and O–H groups in total. The summed E-state index contributed by atoms with van der Waals surface area (Å²) < 4.78 is 0. The minimum atomic E-state index is -0.399. The van der Waals surface area contributed by atoms with Crippen molar-refractivity contribution in [2.45, 2.75) is 56.6 Å². The highest BCUT2D eigenvalue weighted by atomic mass is 16.3. The Morgan fingerprint density at radius 1 is 1.08 bits per heavy atom. The van der Waals surface area contributed by atoms with Crippen LogP contribution in [0.4, 0.5) is 0 Å². The van der Waals surface area contributed by atoms with Crippen LogP contribution in [-0.2, 0) is 0 Å². The summed E-state index contributed by atoms with van der Waals surface area (Å²) >= 11 is 0. The summed E-state index contributed by atoms with van der Waals surface area (Å²) in [7, 11) is 0. The van der Waals surface area contributed by atoms with E-state index in [-0.39, 0.29) is 5.54 Å². The van der Waals surface area contributed by atoms with Gasteiger partial charge in [0.05, 0.1) is 5.60 Å². The first-order chi connectivity index (χ1) is 5.66. The molecular formula is C10H19NO.